The van der Waals surface area contributed by atoms with Crippen LogP contribution in [-0.2, 0) is 20.2 Å². The third-order valence-corrected chi connectivity index (χ3v) is 6.51. The molecule has 1 aliphatic carbocycles. The second kappa shape index (κ2) is 7.74. The Hall–Kier alpha value is -2.31. The molecule has 0 radical (unpaired) electrons. The SMILES string of the molecule is C=CCNC(=O)C1(c2ccc(NS(=O)(=O)c3ccc(Cl)cc3)cc2)CCC1. The van der Waals surface area contributed by atoms with Crippen LogP contribution < -0.4 is 10.0 Å². The fraction of sp³-hybridized carbons (Fsp3) is 0.250. The van der Waals surface area contributed by atoms with Crippen molar-refractivity contribution in [2.24, 2.45) is 0 Å². The molecule has 0 unspecified atom stereocenters. The van der Waals surface area contributed by atoms with Gasteiger partial charge in [0.25, 0.3) is 10.0 Å². The summed E-state index contributed by atoms with van der Waals surface area (Å²) in [6.07, 6.45) is 4.21. The predicted molar refractivity (Wildman–Crippen MR) is 107 cm³/mol. The molecule has 2 N–H and O–H groups in total. The molecule has 1 fully saturated rings. The zero-order valence-corrected chi connectivity index (χ0v) is 16.3. The number of halogens is 1. The molecule has 2 aromatic rings. The van der Waals surface area contributed by atoms with E-state index in [1.807, 2.05) is 12.1 Å². The maximum atomic E-state index is 12.6. The van der Waals surface area contributed by atoms with Crippen molar-refractivity contribution in [1.82, 2.24) is 5.32 Å². The predicted octanol–water partition coefficient (Wildman–Crippen LogP) is 3.86. The summed E-state index contributed by atoms with van der Waals surface area (Å²) >= 11 is 5.81. The number of anilines is 1. The molecule has 0 bridgehead atoms. The first-order valence-corrected chi connectivity index (χ1v) is 10.5. The summed E-state index contributed by atoms with van der Waals surface area (Å²) in [6, 6.07) is 13.0. The Morgan fingerprint density at radius 1 is 1.11 bits per heavy atom. The fourth-order valence-corrected chi connectivity index (χ4v) is 4.38. The van der Waals surface area contributed by atoms with Crippen LogP contribution >= 0.6 is 11.6 Å². The molecule has 142 valence electrons. The van der Waals surface area contributed by atoms with Crippen molar-refractivity contribution in [2.45, 2.75) is 29.6 Å². The van der Waals surface area contributed by atoms with E-state index in [0.29, 0.717) is 17.3 Å². The molecule has 2 aromatic carbocycles. The molecule has 0 heterocycles. The highest BCUT2D eigenvalue weighted by Gasteiger charge is 2.45. The van der Waals surface area contributed by atoms with Gasteiger partial charge in [0.15, 0.2) is 0 Å². The minimum atomic E-state index is -3.70. The van der Waals surface area contributed by atoms with Gasteiger partial charge in [-0.15, -0.1) is 6.58 Å². The highest BCUT2D eigenvalue weighted by atomic mass is 35.5. The van der Waals surface area contributed by atoms with E-state index in [0.717, 1.165) is 24.8 Å². The van der Waals surface area contributed by atoms with Crippen LogP contribution in [0.5, 0.6) is 0 Å². The van der Waals surface area contributed by atoms with Crippen LogP contribution in [0.25, 0.3) is 0 Å². The second-order valence-electron chi connectivity index (χ2n) is 6.57. The van der Waals surface area contributed by atoms with Crippen LogP contribution in [0.1, 0.15) is 24.8 Å². The average molecular weight is 405 g/mol. The molecule has 3 rings (SSSR count). The third-order valence-electron chi connectivity index (χ3n) is 4.86. The summed E-state index contributed by atoms with van der Waals surface area (Å²) < 4.78 is 27.5. The molecular formula is C20H21ClN2O3S. The lowest BCUT2D eigenvalue weighted by atomic mass is 9.64. The van der Waals surface area contributed by atoms with Crippen LogP contribution in [-0.4, -0.2) is 20.9 Å². The lowest BCUT2D eigenvalue weighted by Gasteiger charge is -2.40. The van der Waals surface area contributed by atoms with Crippen LogP contribution in [0.2, 0.25) is 5.02 Å². The lowest BCUT2D eigenvalue weighted by molar-refractivity contribution is -0.129. The van der Waals surface area contributed by atoms with E-state index in [4.69, 9.17) is 11.6 Å². The highest BCUT2D eigenvalue weighted by molar-refractivity contribution is 7.92. The first-order valence-electron chi connectivity index (χ1n) is 8.65. The Balaban J connectivity index is 1.78. The largest absolute Gasteiger partial charge is 0.352 e. The van der Waals surface area contributed by atoms with Gasteiger partial charge in [0.1, 0.15) is 0 Å². The number of benzene rings is 2. The molecule has 0 atom stereocenters. The Labute approximate surface area is 164 Å². The van der Waals surface area contributed by atoms with Gasteiger partial charge < -0.3 is 5.32 Å². The summed E-state index contributed by atoms with van der Waals surface area (Å²) in [4.78, 5) is 12.7. The Kier molecular flexibility index (Phi) is 5.58. The summed E-state index contributed by atoms with van der Waals surface area (Å²) in [5, 5.41) is 3.34. The smallest absolute Gasteiger partial charge is 0.261 e. The molecule has 0 aromatic heterocycles. The second-order valence-corrected chi connectivity index (χ2v) is 8.69. The zero-order valence-electron chi connectivity index (χ0n) is 14.7. The van der Waals surface area contributed by atoms with Gasteiger partial charge in [-0.25, -0.2) is 8.42 Å². The number of hydrogen-bond donors (Lipinski definition) is 2. The van der Waals surface area contributed by atoms with E-state index in [2.05, 4.69) is 16.6 Å². The summed E-state index contributed by atoms with van der Waals surface area (Å²) in [6.45, 7) is 4.05. The molecule has 0 aliphatic heterocycles. The quantitative estimate of drug-likeness (QED) is 0.688. The van der Waals surface area contributed by atoms with Gasteiger partial charge in [-0.3, -0.25) is 9.52 Å². The fourth-order valence-electron chi connectivity index (χ4n) is 3.20. The van der Waals surface area contributed by atoms with Gasteiger partial charge in [-0.2, -0.15) is 0 Å². The van der Waals surface area contributed by atoms with E-state index in [9.17, 15) is 13.2 Å². The average Bonchev–Trinajstić information content (AvgIpc) is 2.60. The highest BCUT2D eigenvalue weighted by Crippen LogP contribution is 2.44. The summed E-state index contributed by atoms with van der Waals surface area (Å²) in [5.74, 6) is -0.0110. The molecule has 1 aliphatic rings. The summed E-state index contributed by atoms with van der Waals surface area (Å²) in [5.41, 5.74) is 0.802. The number of amides is 1. The van der Waals surface area contributed by atoms with Crippen molar-refractivity contribution in [3.63, 3.8) is 0 Å². The van der Waals surface area contributed by atoms with Crippen molar-refractivity contribution >= 4 is 33.2 Å². The molecule has 1 saturated carbocycles. The molecule has 7 heteroatoms. The number of nitrogens with one attached hydrogen (secondary N) is 2. The van der Waals surface area contributed by atoms with Gasteiger partial charge in [0, 0.05) is 17.3 Å². The van der Waals surface area contributed by atoms with Crippen molar-refractivity contribution < 1.29 is 13.2 Å². The third kappa shape index (κ3) is 4.01. The maximum Gasteiger partial charge on any atom is 0.261 e. The van der Waals surface area contributed by atoms with Crippen LogP contribution in [0, 0.1) is 0 Å². The topological polar surface area (TPSA) is 75.3 Å². The number of carbonyl (C=O) groups excluding carboxylic acids is 1. The van der Waals surface area contributed by atoms with Crippen molar-refractivity contribution in [3.8, 4) is 0 Å². The van der Waals surface area contributed by atoms with E-state index in [1.165, 1.54) is 24.3 Å². The minimum absolute atomic E-state index is 0.0110. The molecule has 0 saturated heterocycles. The van der Waals surface area contributed by atoms with Crippen molar-refractivity contribution in [1.29, 1.82) is 0 Å². The van der Waals surface area contributed by atoms with Crippen LogP contribution in [0.4, 0.5) is 5.69 Å². The van der Waals surface area contributed by atoms with Crippen molar-refractivity contribution in [2.75, 3.05) is 11.3 Å². The molecule has 5 nitrogen and oxygen atoms in total. The lowest BCUT2D eigenvalue weighted by Crippen LogP contribution is -2.49. The minimum Gasteiger partial charge on any atom is -0.352 e. The summed E-state index contributed by atoms with van der Waals surface area (Å²) in [7, 11) is -3.70. The number of sulfonamides is 1. The normalized spacial score (nSPS) is 15.4. The van der Waals surface area contributed by atoms with Gasteiger partial charge in [-0.1, -0.05) is 36.2 Å². The van der Waals surface area contributed by atoms with Gasteiger partial charge in [-0.05, 0) is 54.8 Å². The van der Waals surface area contributed by atoms with E-state index < -0.39 is 15.4 Å². The standard InChI is InChI=1S/C20H21ClN2O3S/c1-2-14-22-19(24)20(12-3-13-20)15-4-8-17(9-5-15)23-27(25,26)18-10-6-16(21)7-11-18/h2,4-11,23H,1,3,12-14H2,(H,22,24). The van der Waals surface area contributed by atoms with Crippen LogP contribution in [0.3, 0.4) is 0 Å². The van der Waals surface area contributed by atoms with Gasteiger partial charge in [0.05, 0.1) is 10.3 Å². The van der Waals surface area contributed by atoms with E-state index in [-0.39, 0.29) is 10.8 Å². The zero-order chi connectivity index (χ0) is 19.5. The van der Waals surface area contributed by atoms with Gasteiger partial charge in [0.2, 0.25) is 5.91 Å². The molecule has 1 amide bonds. The Morgan fingerprint density at radius 3 is 2.26 bits per heavy atom. The molecule has 0 spiro atoms. The van der Waals surface area contributed by atoms with Crippen molar-refractivity contribution in [3.05, 3.63) is 71.8 Å². The molecule has 27 heavy (non-hydrogen) atoms. The van der Waals surface area contributed by atoms with Crippen LogP contribution in [0.15, 0.2) is 66.1 Å². The Bertz CT molecular complexity index is 934. The maximum absolute atomic E-state index is 12.6. The van der Waals surface area contributed by atoms with E-state index >= 15 is 0 Å². The number of carbonyl (C=O) groups is 1. The monoisotopic (exact) mass is 404 g/mol. The first-order chi connectivity index (χ1) is 12.9. The Morgan fingerprint density at radius 2 is 1.74 bits per heavy atom. The van der Waals surface area contributed by atoms with E-state index in [1.54, 1.807) is 18.2 Å². The number of hydrogen-bond acceptors (Lipinski definition) is 3. The number of rotatable bonds is 7. The molecular weight excluding hydrogens is 384 g/mol. The first kappa shape index (κ1) is 19.5. The van der Waals surface area contributed by atoms with Gasteiger partial charge >= 0.3 is 0 Å².